The quantitative estimate of drug-likeness (QED) is 0.638. The van der Waals surface area contributed by atoms with Crippen LogP contribution in [0.5, 0.6) is 0 Å². The van der Waals surface area contributed by atoms with Gasteiger partial charge < -0.3 is 0 Å². The fourth-order valence-corrected chi connectivity index (χ4v) is 2.21. The van der Waals surface area contributed by atoms with Gasteiger partial charge in [-0.3, -0.25) is 9.97 Å². The highest BCUT2D eigenvalue weighted by Crippen LogP contribution is 2.25. The van der Waals surface area contributed by atoms with Gasteiger partial charge in [0.1, 0.15) is 0 Å². The Morgan fingerprint density at radius 2 is 1.50 bits per heavy atom. The van der Waals surface area contributed by atoms with Gasteiger partial charge in [-0.25, -0.2) is 0 Å². The summed E-state index contributed by atoms with van der Waals surface area (Å²) < 4.78 is 0. The first kappa shape index (κ1) is 10.9. The molecule has 0 saturated heterocycles. The molecule has 2 heteroatoms. The summed E-state index contributed by atoms with van der Waals surface area (Å²) >= 11 is 0. The van der Waals surface area contributed by atoms with Crippen LogP contribution in [0, 0.1) is 13.8 Å². The third kappa shape index (κ3) is 1.76. The average Bonchev–Trinajstić information content (AvgIpc) is 2.44. The molecule has 0 bridgehead atoms. The van der Waals surface area contributed by atoms with Crippen LogP contribution in [0.1, 0.15) is 11.1 Å². The van der Waals surface area contributed by atoms with E-state index in [1.165, 1.54) is 21.9 Å². The standard InChI is InChI=1S/C16H14N2/c1-11-3-4-12(2)15-10-18-16(9-14(11)15)13-5-7-17-8-6-13/h3-10H,1-2H3. The second-order valence-electron chi connectivity index (χ2n) is 4.55. The van der Waals surface area contributed by atoms with Crippen molar-refractivity contribution in [3.63, 3.8) is 0 Å². The maximum atomic E-state index is 4.55. The van der Waals surface area contributed by atoms with Gasteiger partial charge in [0.2, 0.25) is 0 Å². The highest BCUT2D eigenvalue weighted by Gasteiger charge is 2.04. The molecule has 88 valence electrons. The number of pyridine rings is 2. The van der Waals surface area contributed by atoms with Gasteiger partial charge in [0.25, 0.3) is 0 Å². The Balaban J connectivity index is 2.26. The number of nitrogens with zero attached hydrogens (tertiary/aromatic N) is 2. The third-order valence-electron chi connectivity index (χ3n) is 3.31. The minimum Gasteiger partial charge on any atom is -0.265 e. The zero-order valence-corrected chi connectivity index (χ0v) is 10.5. The molecular formula is C16H14N2. The second-order valence-corrected chi connectivity index (χ2v) is 4.55. The normalized spacial score (nSPS) is 10.8. The Bertz CT molecular complexity index is 703. The van der Waals surface area contributed by atoms with Crippen molar-refractivity contribution in [1.29, 1.82) is 0 Å². The minimum atomic E-state index is 0.999. The largest absolute Gasteiger partial charge is 0.265 e. The maximum absolute atomic E-state index is 4.55. The second kappa shape index (κ2) is 4.22. The van der Waals surface area contributed by atoms with Gasteiger partial charge >= 0.3 is 0 Å². The number of fused-ring (bicyclic) bond motifs is 1. The Kier molecular flexibility index (Phi) is 2.56. The van der Waals surface area contributed by atoms with E-state index < -0.39 is 0 Å². The van der Waals surface area contributed by atoms with Crippen molar-refractivity contribution in [3.8, 4) is 11.3 Å². The van der Waals surface area contributed by atoms with E-state index in [1.807, 2.05) is 18.3 Å². The zero-order chi connectivity index (χ0) is 12.5. The Labute approximate surface area is 106 Å². The summed E-state index contributed by atoms with van der Waals surface area (Å²) in [5.74, 6) is 0. The maximum Gasteiger partial charge on any atom is 0.0709 e. The molecule has 0 saturated carbocycles. The van der Waals surface area contributed by atoms with Crippen LogP contribution in [-0.2, 0) is 0 Å². The molecular weight excluding hydrogens is 220 g/mol. The van der Waals surface area contributed by atoms with Crippen LogP contribution < -0.4 is 0 Å². The molecule has 0 atom stereocenters. The fourth-order valence-electron chi connectivity index (χ4n) is 2.21. The number of hydrogen-bond acceptors (Lipinski definition) is 2. The lowest BCUT2D eigenvalue weighted by Gasteiger charge is -2.07. The average molecular weight is 234 g/mol. The van der Waals surface area contributed by atoms with Crippen LogP contribution in [0.3, 0.4) is 0 Å². The summed E-state index contributed by atoms with van der Waals surface area (Å²) in [6, 6.07) is 10.4. The van der Waals surface area contributed by atoms with E-state index in [0.717, 1.165) is 11.3 Å². The molecule has 0 radical (unpaired) electrons. The molecule has 2 heterocycles. The first-order chi connectivity index (χ1) is 8.75. The molecule has 0 aliphatic rings. The highest BCUT2D eigenvalue weighted by atomic mass is 14.7. The van der Waals surface area contributed by atoms with E-state index >= 15 is 0 Å². The van der Waals surface area contributed by atoms with Gasteiger partial charge in [0, 0.05) is 29.5 Å². The smallest absolute Gasteiger partial charge is 0.0709 e. The lowest BCUT2D eigenvalue weighted by molar-refractivity contribution is 1.29. The number of aromatic nitrogens is 2. The Morgan fingerprint density at radius 3 is 2.22 bits per heavy atom. The Hall–Kier alpha value is -2.22. The predicted molar refractivity (Wildman–Crippen MR) is 74.4 cm³/mol. The first-order valence-electron chi connectivity index (χ1n) is 6.02. The van der Waals surface area contributed by atoms with Crippen molar-refractivity contribution in [2.24, 2.45) is 0 Å². The molecule has 0 amide bonds. The van der Waals surface area contributed by atoms with Crippen molar-refractivity contribution in [2.75, 3.05) is 0 Å². The molecule has 1 aromatic carbocycles. The molecule has 0 fully saturated rings. The van der Waals surface area contributed by atoms with Crippen molar-refractivity contribution in [2.45, 2.75) is 13.8 Å². The number of benzene rings is 1. The highest BCUT2D eigenvalue weighted by molar-refractivity contribution is 5.90. The monoisotopic (exact) mass is 234 g/mol. The molecule has 0 unspecified atom stereocenters. The third-order valence-corrected chi connectivity index (χ3v) is 3.31. The molecule has 0 spiro atoms. The number of rotatable bonds is 1. The molecule has 0 N–H and O–H groups in total. The van der Waals surface area contributed by atoms with E-state index in [4.69, 9.17) is 0 Å². The van der Waals surface area contributed by atoms with Crippen molar-refractivity contribution >= 4 is 10.8 Å². The molecule has 0 aliphatic heterocycles. The van der Waals surface area contributed by atoms with Gasteiger partial charge in [0.05, 0.1) is 5.69 Å². The van der Waals surface area contributed by atoms with Crippen molar-refractivity contribution in [3.05, 3.63) is 60.0 Å². The summed E-state index contributed by atoms with van der Waals surface area (Å²) in [6.07, 6.45) is 5.56. The molecule has 3 aromatic rings. The van der Waals surface area contributed by atoms with Crippen LogP contribution in [0.15, 0.2) is 48.9 Å². The van der Waals surface area contributed by atoms with Gasteiger partial charge in [-0.1, -0.05) is 12.1 Å². The number of aryl methyl sites for hydroxylation is 2. The molecule has 0 aliphatic carbocycles. The van der Waals surface area contributed by atoms with Gasteiger partial charge in [-0.2, -0.15) is 0 Å². The molecule has 3 rings (SSSR count). The van der Waals surface area contributed by atoms with Gasteiger partial charge in [-0.15, -0.1) is 0 Å². The SMILES string of the molecule is Cc1ccc(C)c2cc(-c3ccncc3)ncc12. The van der Waals surface area contributed by atoms with E-state index in [1.54, 1.807) is 12.4 Å². The summed E-state index contributed by atoms with van der Waals surface area (Å²) in [5, 5.41) is 2.50. The van der Waals surface area contributed by atoms with Crippen molar-refractivity contribution in [1.82, 2.24) is 9.97 Å². The van der Waals surface area contributed by atoms with Gasteiger partial charge in [0.15, 0.2) is 0 Å². The van der Waals surface area contributed by atoms with E-state index in [-0.39, 0.29) is 0 Å². The fraction of sp³-hybridized carbons (Fsp3) is 0.125. The van der Waals surface area contributed by atoms with Crippen LogP contribution in [0.25, 0.3) is 22.0 Å². The predicted octanol–water partition coefficient (Wildman–Crippen LogP) is 3.91. The topological polar surface area (TPSA) is 25.8 Å². The van der Waals surface area contributed by atoms with Crippen LogP contribution >= 0.6 is 0 Å². The minimum absolute atomic E-state index is 0.999. The van der Waals surface area contributed by atoms with Crippen LogP contribution in [0.4, 0.5) is 0 Å². The summed E-state index contributed by atoms with van der Waals surface area (Å²) in [6.45, 7) is 4.26. The molecule has 2 nitrogen and oxygen atoms in total. The van der Waals surface area contributed by atoms with E-state index in [0.29, 0.717) is 0 Å². The first-order valence-corrected chi connectivity index (χ1v) is 6.02. The van der Waals surface area contributed by atoms with Crippen LogP contribution in [-0.4, -0.2) is 9.97 Å². The molecule has 2 aromatic heterocycles. The Morgan fingerprint density at radius 1 is 0.833 bits per heavy atom. The lowest BCUT2D eigenvalue weighted by Crippen LogP contribution is -1.88. The van der Waals surface area contributed by atoms with Gasteiger partial charge in [-0.05, 0) is 48.6 Å². The summed E-state index contributed by atoms with van der Waals surface area (Å²) in [5.41, 5.74) is 4.66. The lowest BCUT2D eigenvalue weighted by atomic mass is 10.0. The molecule has 18 heavy (non-hydrogen) atoms. The summed E-state index contributed by atoms with van der Waals surface area (Å²) in [4.78, 5) is 8.59. The van der Waals surface area contributed by atoms with E-state index in [2.05, 4.69) is 42.0 Å². The zero-order valence-electron chi connectivity index (χ0n) is 10.5. The van der Waals surface area contributed by atoms with E-state index in [9.17, 15) is 0 Å². The van der Waals surface area contributed by atoms with Crippen LogP contribution in [0.2, 0.25) is 0 Å². The van der Waals surface area contributed by atoms with Crippen molar-refractivity contribution < 1.29 is 0 Å². The summed E-state index contributed by atoms with van der Waals surface area (Å²) in [7, 11) is 0. The number of hydrogen-bond donors (Lipinski definition) is 0.